The Bertz CT molecular complexity index is 233. The number of carbonyl (C=O) groups excluding carboxylic acids is 1. The smallest absolute Gasteiger partial charge is 0.336 e. The van der Waals surface area contributed by atoms with E-state index in [2.05, 4.69) is 5.32 Å². The van der Waals surface area contributed by atoms with Gasteiger partial charge in [0, 0.05) is 6.04 Å². The molecule has 0 aromatic carbocycles. The Hall–Kier alpha value is -0.940. The van der Waals surface area contributed by atoms with E-state index in [1.807, 2.05) is 5.32 Å². The van der Waals surface area contributed by atoms with Crippen molar-refractivity contribution in [2.75, 3.05) is 0 Å². The van der Waals surface area contributed by atoms with Crippen molar-refractivity contribution in [3.8, 4) is 0 Å². The Morgan fingerprint density at radius 3 is 2.14 bits per heavy atom. The summed E-state index contributed by atoms with van der Waals surface area (Å²) >= 11 is 0. The standard InChI is InChI=1S/C8H13F3N2O/c1-5(2)12-6(14)13-7(3-4-7)8(9,10)11/h5H,3-4H2,1-2H3,(H2,12,13,14). The lowest BCUT2D eigenvalue weighted by molar-refractivity contribution is -0.162. The van der Waals surface area contributed by atoms with Crippen LogP contribution in [0.1, 0.15) is 26.7 Å². The first-order chi connectivity index (χ1) is 6.27. The molecule has 0 aromatic heterocycles. The Kier molecular flexibility index (Phi) is 2.65. The molecule has 1 fully saturated rings. The minimum absolute atomic E-state index is 0.0258. The fourth-order valence-corrected chi connectivity index (χ4v) is 1.12. The van der Waals surface area contributed by atoms with Gasteiger partial charge >= 0.3 is 12.2 Å². The van der Waals surface area contributed by atoms with Gasteiger partial charge in [-0.15, -0.1) is 0 Å². The van der Waals surface area contributed by atoms with Crippen molar-refractivity contribution >= 4 is 6.03 Å². The molecular formula is C8H13F3N2O. The molecule has 0 aliphatic heterocycles. The van der Waals surface area contributed by atoms with Gasteiger partial charge in [-0.05, 0) is 26.7 Å². The first kappa shape index (κ1) is 11.1. The van der Waals surface area contributed by atoms with E-state index in [9.17, 15) is 18.0 Å². The number of carbonyl (C=O) groups is 1. The summed E-state index contributed by atoms with van der Waals surface area (Å²) < 4.78 is 37.1. The minimum Gasteiger partial charge on any atom is -0.336 e. The minimum atomic E-state index is -4.35. The first-order valence-corrected chi connectivity index (χ1v) is 4.42. The van der Waals surface area contributed by atoms with E-state index >= 15 is 0 Å². The van der Waals surface area contributed by atoms with Crippen molar-refractivity contribution in [2.45, 2.75) is 44.4 Å². The first-order valence-electron chi connectivity index (χ1n) is 4.42. The van der Waals surface area contributed by atoms with Crippen molar-refractivity contribution in [3.63, 3.8) is 0 Å². The zero-order valence-corrected chi connectivity index (χ0v) is 8.03. The number of urea groups is 1. The molecule has 82 valence electrons. The average Bonchev–Trinajstić information content (AvgIpc) is 2.64. The van der Waals surface area contributed by atoms with Crippen LogP contribution in [0.15, 0.2) is 0 Å². The van der Waals surface area contributed by atoms with E-state index in [4.69, 9.17) is 0 Å². The Balaban J connectivity index is 2.49. The van der Waals surface area contributed by atoms with Crippen LogP contribution >= 0.6 is 0 Å². The monoisotopic (exact) mass is 210 g/mol. The highest BCUT2D eigenvalue weighted by molar-refractivity contribution is 5.75. The van der Waals surface area contributed by atoms with E-state index < -0.39 is 17.7 Å². The molecule has 0 bridgehead atoms. The van der Waals surface area contributed by atoms with Crippen LogP contribution in [0.5, 0.6) is 0 Å². The van der Waals surface area contributed by atoms with Gasteiger partial charge in [0.2, 0.25) is 0 Å². The van der Waals surface area contributed by atoms with Gasteiger partial charge in [-0.2, -0.15) is 13.2 Å². The highest BCUT2D eigenvalue weighted by atomic mass is 19.4. The second-order valence-electron chi connectivity index (χ2n) is 3.83. The number of amides is 2. The predicted octanol–water partition coefficient (Wildman–Crippen LogP) is 1.79. The zero-order chi connectivity index (χ0) is 11.0. The molecule has 0 unspecified atom stereocenters. The Morgan fingerprint density at radius 2 is 1.86 bits per heavy atom. The molecule has 0 atom stereocenters. The fourth-order valence-electron chi connectivity index (χ4n) is 1.12. The highest BCUT2D eigenvalue weighted by Gasteiger charge is 2.64. The summed E-state index contributed by atoms with van der Waals surface area (Å²) in [5.41, 5.74) is -1.97. The second kappa shape index (κ2) is 3.33. The van der Waals surface area contributed by atoms with Crippen LogP contribution in [0, 0.1) is 0 Å². The van der Waals surface area contributed by atoms with E-state index in [0.29, 0.717) is 0 Å². The van der Waals surface area contributed by atoms with E-state index in [0.717, 1.165) is 0 Å². The number of nitrogens with one attached hydrogen (secondary N) is 2. The van der Waals surface area contributed by atoms with Crippen LogP contribution in [-0.2, 0) is 0 Å². The molecule has 1 saturated carbocycles. The Morgan fingerprint density at radius 1 is 1.36 bits per heavy atom. The van der Waals surface area contributed by atoms with Crippen molar-refractivity contribution < 1.29 is 18.0 Å². The van der Waals surface area contributed by atoms with Crippen molar-refractivity contribution in [3.05, 3.63) is 0 Å². The molecule has 0 aromatic rings. The molecular weight excluding hydrogens is 197 g/mol. The number of rotatable bonds is 2. The molecule has 2 amide bonds. The van der Waals surface area contributed by atoms with Gasteiger partial charge in [0.05, 0.1) is 0 Å². The third-order valence-corrected chi connectivity index (χ3v) is 2.07. The van der Waals surface area contributed by atoms with Gasteiger partial charge in [0.1, 0.15) is 5.54 Å². The summed E-state index contributed by atoms with van der Waals surface area (Å²) in [4.78, 5) is 11.0. The van der Waals surface area contributed by atoms with Crippen molar-refractivity contribution in [1.29, 1.82) is 0 Å². The summed E-state index contributed by atoms with van der Waals surface area (Å²) in [6.07, 6.45) is -4.40. The topological polar surface area (TPSA) is 41.1 Å². The molecule has 0 heterocycles. The van der Waals surface area contributed by atoms with Crippen LogP contribution < -0.4 is 10.6 Å². The third-order valence-electron chi connectivity index (χ3n) is 2.07. The quantitative estimate of drug-likeness (QED) is 0.716. The molecule has 3 nitrogen and oxygen atoms in total. The van der Waals surface area contributed by atoms with Crippen LogP contribution in [0.25, 0.3) is 0 Å². The zero-order valence-electron chi connectivity index (χ0n) is 8.03. The summed E-state index contributed by atoms with van der Waals surface area (Å²) in [5.74, 6) is 0. The van der Waals surface area contributed by atoms with Gasteiger partial charge < -0.3 is 10.6 Å². The molecule has 6 heteroatoms. The fraction of sp³-hybridized carbons (Fsp3) is 0.875. The average molecular weight is 210 g/mol. The normalized spacial score (nSPS) is 19.3. The molecule has 1 aliphatic carbocycles. The third kappa shape index (κ3) is 2.30. The van der Waals surface area contributed by atoms with Gasteiger partial charge in [-0.25, -0.2) is 4.79 Å². The van der Waals surface area contributed by atoms with E-state index in [1.54, 1.807) is 13.8 Å². The van der Waals surface area contributed by atoms with Gasteiger partial charge in [-0.3, -0.25) is 0 Å². The maximum Gasteiger partial charge on any atom is 0.411 e. The highest BCUT2D eigenvalue weighted by Crippen LogP contribution is 2.48. The van der Waals surface area contributed by atoms with Crippen molar-refractivity contribution in [1.82, 2.24) is 10.6 Å². The van der Waals surface area contributed by atoms with Crippen LogP contribution in [-0.4, -0.2) is 23.8 Å². The lowest BCUT2D eigenvalue weighted by atomic mass is 10.2. The lowest BCUT2D eigenvalue weighted by Gasteiger charge is -2.21. The van der Waals surface area contributed by atoms with Crippen molar-refractivity contribution in [2.24, 2.45) is 0 Å². The largest absolute Gasteiger partial charge is 0.411 e. The van der Waals surface area contributed by atoms with Gasteiger partial charge in [0.25, 0.3) is 0 Å². The molecule has 0 spiro atoms. The molecule has 1 rings (SSSR count). The summed E-state index contributed by atoms with van der Waals surface area (Å²) in [7, 11) is 0. The van der Waals surface area contributed by atoms with Crippen LogP contribution in [0.2, 0.25) is 0 Å². The summed E-state index contributed by atoms with van der Waals surface area (Å²) in [6, 6.07) is -0.922. The maximum absolute atomic E-state index is 12.4. The molecule has 2 N–H and O–H groups in total. The maximum atomic E-state index is 12.4. The van der Waals surface area contributed by atoms with Crippen LogP contribution in [0.3, 0.4) is 0 Å². The number of halogens is 3. The molecule has 14 heavy (non-hydrogen) atoms. The molecule has 0 saturated heterocycles. The lowest BCUT2D eigenvalue weighted by Crippen LogP contribution is -2.52. The van der Waals surface area contributed by atoms with E-state index in [-0.39, 0.29) is 18.9 Å². The second-order valence-corrected chi connectivity index (χ2v) is 3.83. The number of hydrogen-bond acceptors (Lipinski definition) is 1. The van der Waals surface area contributed by atoms with Crippen LogP contribution in [0.4, 0.5) is 18.0 Å². The predicted molar refractivity (Wildman–Crippen MR) is 44.8 cm³/mol. The Labute approximate surface area is 80.0 Å². The van der Waals surface area contributed by atoms with Gasteiger partial charge in [-0.1, -0.05) is 0 Å². The number of alkyl halides is 3. The molecule has 1 aliphatic rings. The summed E-state index contributed by atoms with van der Waals surface area (Å²) in [6.45, 7) is 3.37. The van der Waals surface area contributed by atoms with E-state index in [1.165, 1.54) is 0 Å². The summed E-state index contributed by atoms with van der Waals surface area (Å²) in [5, 5.41) is 4.32. The number of hydrogen-bond donors (Lipinski definition) is 2. The molecule has 0 radical (unpaired) electrons. The SMILES string of the molecule is CC(C)NC(=O)NC1(C(F)(F)F)CC1. The van der Waals surface area contributed by atoms with Gasteiger partial charge in [0.15, 0.2) is 0 Å².